The van der Waals surface area contributed by atoms with Crippen molar-refractivity contribution >= 4 is 46.3 Å². The number of hydrogen-bond donors (Lipinski definition) is 2. The van der Waals surface area contributed by atoms with Gasteiger partial charge in [0.25, 0.3) is 0 Å². The fourth-order valence-electron chi connectivity index (χ4n) is 1.84. The molecule has 2 N–H and O–H groups in total. The van der Waals surface area contributed by atoms with Gasteiger partial charge in [0.15, 0.2) is 5.11 Å². The Hall–Kier alpha value is -2.18. The second-order valence-corrected chi connectivity index (χ2v) is 5.74. The number of halogens is 2. The minimum absolute atomic E-state index is 0.0118. The van der Waals surface area contributed by atoms with Crippen LogP contribution >= 0.6 is 23.8 Å². The van der Waals surface area contributed by atoms with Gasteiger partial charge in [-0.05, 0) is 61.1 Å². The Morgan fingerprint density at radius 3 is 2.42 bits per heavy atom. The van der Waals surface area contributed by atoms with E-state index in [-0.39, 0.29) is 11.0 Å². The molecule has 0 aliphatic rings. The fourth-order valence-corrected chi connectivity index (χ4v) is 2.25. The number of carbonyl (C=O) groups is 1. The summed E-state index contributed by atoms with van der Waals surface area (Å²) in [4.78, 5) is 11.7. The molecule has 0 aliphatic carbocycles. The molecule has 0 saturated heterocycles. The lowest BCUT2D eigenvalue weighted by Crippen LogP contribution is -2.19. The van der Waals surface area contributed by atoms with Gasteiger partial charge in [-0.1, -0.05) is 18.5 Å². The van der Waals surface area contributed by atoms with Crippen LogP contribution in [0.3, 0.4) is 0 Å². The van der Waals surface area contributed by atoms with Crippen LogP contribution < -0.4 is 10.6 Å². The molecule has 0 unspecified atom stereocenters. The van der Waals surface area contributed by atoms with Gasteiger partial charge < -0.3 is 15.4 Å². The standard InChI is InChI=1S/C17H16ClFN2O2S/c1-2-9-23-16(22)11-3-5-12(6-4-11)20-17(24)21-13-7-8-15(19)14(18)10-13/h3-8,10H,2,9H2,1H3,(H2,20,21,24). The van der Waals surface area contributed by atoms with E-state index >= 15 is 0 Å². The number of thiocarbonyl (C=S) groups is 1. The topological polar surface area (TPSA) is 50.4 Å². The van der Waals surface area contributed by atoms with E-state index in [9.17, 15) is 9.18 Å². The van der Waals surface area contributed by atoms with Gasteiger partial charge >= 0.3 is 5.97 Å². The highest BCUT2D eigenvalue weighted by Crippen LogP contribution is 2.19. The van der Waals surface area contributed by atoms with E-state index in [2.05, 4.69) is 10.6 Å². The van der Waals surface area contributed by atoms with Crippen LogP contribution in [0, 0.1) is 5.82 Å². The molecular weight excluding hydrogens is 351 g/mol. The van der Waals surface area contributed by atoms with E-state index in [1.54, 1.807) is 24.3 Å². The van der Waals surface area contributed by atoms with Gasteiger partial charge in [-0.3, -0.25) is 0 Å². The minimum Gasteiger partial charge on any atom is -0.462 e. The molecule has 2 aromatic rings. The number of esters is 1. The third kappa shape index (κ3) is 5.18. The quantitative estimate of drug-likeness (QED) is 0.585. The molecule has 0 bridgehead atoms. The first-order chi connectivity index (χ1) is 11.5. The Morgan fingerprint density at radius 1 is 1.17 bits per heavy atom. The predicted octanol–water partition coefficient (Wildman–Crippen LogP) is 4.85. The van der Waals surface area contributed by atoms with Gasteiger partial charge in [0.05, 0.1) is 17.2 Å². The first-order valence-electron chi connectivity index (χ1n) is 7.30. The van der Waals surface area contributed by atoms with Crippen LogP contribution in [0.25, 0.3) is 0 Å². The zero-order valence-electron chi connectivity index (χ0n) is 12.9. The van der Waals surface area contributed by atoms with Crippen molar-refractivity contribution in [2.45, 2.75) is 13.3 Å². The maximum absolute atomic E-state index is 13.1. The van der Waals surface area contributed by atoms with Gasteiger partial charge in [0.1, 0.15) is 5.82 Å². The van der Waals surface area contributed by atoms with Crippen LogP contribution in [-0.4, -0.2) is 17.7 Å². The molecule has 24 heavy (non-hydrogen) atoms. The predicted molar refractivity (Wildman–Crippen MR) is 98.3 cm³/mol. The maximum Gasteiger partial charge on any atom is 0.338 e. The van der Waals surface area contributed by atoms with Gasteiger partial charge in [-0.25, -0.2) is 9.18 Å². The lowest BCUT2D eigenvalue weighted by Gasteiger charge is -2.11. The molecule has 0 spiro atoms. The Kier molecular flexibility index (Phi) is 6.52. The van der Waals surface area contributed by atoms with Crippen molar-refractivity contribution in [3.8, 4) is 0 Å². The highest BCUT2D eigenvalue weighted by Gasteiger charge is 2.07. The normalized spacial score (nSPS) is 10.1. The number of ether oxygens (including phenoxy) is 1. The van der Waals surface area contributed by atoms with Gasteiger partial charge in [0.2, 0.25) is 0 Å². The fraction of sp³-hybridized carbons (Fsp3) is 0.176. The molecule has 2 aromatic carbocycles. The Labute approximate surface area is 150 Å². The van der Waals surface area contributed by atoms with E-state index in [0.717, 1.165) is 6.42 Å². The zero-order valence-corrected chi connectivity index (χ0v) is 14.5. The smallest absolute Gasteiger partial charge is 0.338 e. The summed E-state index contributed by atoms with van der Waals surface area (Å²) in [6.45, 7) is 2.33. The number of nitrogens with one attached hydrogen (secondary N) is 2. The number of rotatable bonds is 5. The Balaban J connectivity index is 1.94. The summed E-state index contributed by atoms with van der Waals surface area (Å²) in [6.07, 6.45) is 0.777. The molecule has 0 aromatic heterocycles. The van der Waals surface area contributed by atoms with Crippen LogP contribution in [0.2, 0.25) is 5.02 Å². The third-order valence-corrected chi connectivity index (χ3v) is 3.49. The average molecular weight is 367 g/mol. The van der Waals surface area contributed by atoms with Crippen molar-refractivity contribution in [2.24, 2.45) is 0 Å². The van der Waals surface area contributed by atoms with Crippen LogP contribution in [0.5, 0.6) is 0 Å². The first-order valence-corrected chi connectivity index (χ1v) is 8.08. The van der Waals surface area contributed by atoms with Gasteiger partial charge in [-0.2, -0.15) is 0 Å². The summed E-state index contributed by atoms with van der Waals surface area (Å²) in [7, 11) is 0. The van der Waals surface area contributed by atoms with Crippen LogP contribution in [-0.2, 0) is 4.74 Å². The molecule has 126 valence electrons. The zero-order chi connectivity index (χ0) is 17.5. The van der Waals surface area contributed by atoms with E-state index in [1.165, 1.54) is 18.2 Å². The Bertz CT molecular complexity index is 738. The van der Waals surface area contributed by atoms with Crippen molar-refractivity contribution in [3.63, 3.8) is 0 Å². The lowest BCUT2D eigenvalue weighted by atomic mass is 10.2. The van der Waals surface area contributed by atoms with Crippen molar-refractivity contribution in [1.29, 1.82) is 0 Å². The molecule has 0 radical (unpaired) electrons. The lowest BCUT2D eigenvalue weighted by molar-refractivity contribution is 0.0505. The largest absolute Gasteiger partial charge is 0.462 e. The van der Waals surface area contributed by atoms with Crippen LogP contribution in [0.1, 0.15) is 23.7 Å². The van der Waals surface area contributed by atoms with Crippen molar-refractivity contribution in [2.75, 3.05) is 17.2 Å². The van der Waals surface area contributed by atoms with Crippen molar-refractivity contribution in [1.82, 2.24) is 0 Å². The second-order valence-electron chi connectivity index (χ2n) is 4.92. The molecule has 0 aliphatic heterocycles. The molecule has 4 nitrogen and oxygen atoms in total. The molecular formula is C17H16ClFN2O2S. The monoisotopic (exact) mass is 366 g/mol. The van der Waals surface area contributed by atoms with Gasteiger partial charge in [0, 0.05) is 11.4 Å². The maximum atomic E-state index is 13.1. The molecule has 2 rings (SSSR count). The molecule has 0 fully saturated rings. The van der Waals surface area contributed by atoms with Crippen molar-refractivity contribution < 1.29 is 13.9 Å². The number of benzene rings is 2. The Morgan fingerprint density at radius 2 is 1.79 bits per heavy atom. The van der Waals surface area contributed by atoms with Crippen LogP contribution in [0.15, 0.2) is 42.5 Å². The van der Waals surface area contributed by atoms with E-state index < -0.39 is 5.82 Å². The summed E-state index contributed by atoms with van der Waals surface area (Å²) < 4.78 is 18.2. The molecule has 7 heteroatoms. The molecule has 0 heterocycles. The summed E-state index contributed by atoms with van der Waals surface area (Å²) in [6, 6.07) is 11.0. The number of anilines is 2. The summed E-state index contributed by atoms with van der Waals surface area (Å²) in [5.41, 5.74) is 1.74. The van der Waals surface area contributed by atoms with E-state index in [0.29, 0.717) is 28.7 Å². The third-order valence-electron chi connectivity index (χ3n) is 2.99. The molecule has 0 saturated carbocycles. The van der Waals surface area contributed by atoms with Gasteiger partial charge in [-0.15, -0.1) is 0 Å². The minimum atomic E-state index is -0.494. The average Bonchev–Trinajstić information content (AvgIpc) is 2.56. The number of hydrogen-bond acceptors (Lipinski definition) is 3. The highest BCUT2D eigenvalue weighted by atomic mass is 35.5. The van der Waals surface area contributed by atoms with E-state index in [1.807, 2.05) is 6.92 Å². The second kappa shape index (κ2) is 8.61. The first kappa shape index (κ1) is 18.2. The summed E-state index contributed by atoms with van der Waals surface area (Å²) >= 11 is 10.9. The SMILES string of the molecule is CCCOC(=O)c1ccc(NC(=S)Nc2ccc(F)c(Cl)c2)cc1. The van der Waals surface area contributed by atoms with Crippen LogP contribution in [0.4, 0.5) is 15.8 Å². The summed E-state index contributed by atoms with van der Waals surface area (Å²) in [5.74, 6) is -0.850. The molecule has 0 atom stereocenters. The van der Waals surface area contributed by atoms with Crippen molar-refractivity contribution in [3.05, 3.63) is 58.9 Å². The number of carbonyl (C=O) groups excluding carboxylic acids is 1. The summed E-state index contributed by atoms with van der Waals surface area (Å²) in [5, 5.41) is 6.20. The molecule has 0 amide bonds. The van der Waals surface area contributed by atoms with E-state index in [4.69, 9.17) is 28.6 Å². The highest BCUT2D eigenvalue weighted by molar-refractivity contribution is 7.80.